The Morgan fingerprint density at radius 2 is 1.14 bits per heavy atom. The van der Waals surface area contributed by atoms with E-state index >= 15 is 0 Å². The van der Waals surface area contributed by atoms with Crippen LogP contribution in [0.1, 0.15) is 16.7 Å². The van der Waals surface area contributed by atoms with Crippen LogP contribution in [-0.2, 0) is 38.8 Å². The molecule has 0 aliphatic carbocycles. The maximum Gasteiger partial charge on any atom is 0.137 e. The quantitative estimate of drug-likeness (QED) is 0.192. The van der Waals surface area contributed by atoms with Crippen LogP contribution in [-0.4, -0.2) is 59.9 Å². The van der Waals surface area contributed by atoms with Crippen molar-refractivity contribution in [1.82, 2.24) is 0 Å². The first-order valence-electron chi connectivity index (χ1n) is 14.4. The number of ether oxygens (including phenoxy) is 5. The molecule has 1 fully saturated rings. The highest BCUT2D eigenvalue weighted by atomic mass is 32.2. The van der Waals surface area contributed by atoms with Crippen molar-refractivity contribution >= 4 is 11.8 Å². The molecule has 43 heavy (non-hydrogen) atoms. The van der Waals surface area contributed by atoms with Gasteiger partial charge in [0.25, 0.3) is 0 Å². The molecule has 1 saturated heterocycles. The monoisotopic (exact) mass is 602 g/mol. The SMILES string of the molecule is COc1ccc(CO[C@H]2[C@H](OCc3ccccc3)[C@H](OCc3ccccc3)[C@@H](Sc3ccccc3)O[C@@H]2[C@@H](O)CO)cc1. The van der Waals surface area contributed by atoms with Crippen LogP contribution in [0.3, 0.4) is 0 Å². The highest BCUT2D eigenvalue weighted by molar-refractivity contribution is 7.99. The number of aliphatic hydroxyl groups excluding tert-OH is 2. The summed E-state index contributed by atoms with van der Waals surface area (Å²) >= 11 is 1.50. The molecule has 1 aliphatic rings. The van der Waals surface area contributed by atoms with Gasteiger partial charge in [-0.1, -0.05) is 103 Å². The molecule has 8 heteroatoms. The largest absolute Gasteiger partial charge is 0.497 e. The molecule has 0 unspecified atom stereocenters. The summed E-state index contributed by atoms with van der Waals surface area (Å²) in [6, 6.07) is 37.4. The summed E-state index contributed by atoms with van der Waals surface area (Å²) in [6.45, 7) is 0.393. The Kier molecular flexibility index (Phi) is 11.6. The highest BCUT2D eigenvalue weighted by Crippen LogP contribution is 2.39. The zero-order valence-electron chi connectivity index (χ0n) is 24.1. The summed E-state index contributed by atoms with van der Waals surface area (Å²) in [5.41, 5.74) is 2.37. The van der Waals surface area contributed by atoms with Gasteiger partial charge in [0, 0.05) is 4.90 Å². The summed E-state index contributed by atoms with van der Waals surface area (Å²) in [7, 11) is 1.62. The zero-order chi connectivity index (χ0) is 29.9. The second-order valence-electron chi connectivity index (χ2n) is 10.3. The fourth-order valence-electron chi connectivity index (χ4n) is 4.98. The lowest BCUT2D eigenvalue weighted by Crippen LogP contribution is -2.62. The average Bonchev–Trinajstić information content (AvgIpc) is 3.07. The molecule has 0 spiro atoms. The van der Waals surface area contributed by atoms with Crippen molar-refractivity contribution in [3.63, 3.8) is 0 Å². The average molecular weight is 603 g/mol. The number of rotatable bonds is 14. The molecule has 4 aromatic rings. The number of thioether (sulfide) groups is 1. The normalized spacial score (nSPS) is 22.6. The highest BCUT2D eigenvalue weighted by Gasteiger charge is 2.50. The summed E-state index contributed by atoms with van der Waals surface area (Å²) in [4.78, 5) is 0.984. The fraction of sp³-hybridized carbons (Fsp3) is 0.314. The van der Waals surface area contributed by atoms with E-state index < -0.39 is 42.6 Å². The predicted octanol–water partition coefficient (Wildman–Crippen LogP) is 5.62. The summed E-state index contributed by atoms with van der Waals surface area (Å²) in [6.07, 6.45) is -4.03. The van der Waals surface area contributed by atoms with Gasteiger partial charge in [-0.05, 0) is 41.0 Å². The lowest BCUT2D eigenvalue weighted by molar-refractivity contribution is -0.264. The fourth-order valence-corrected chi connectivity index (χ4v) is 6.11. The molecular weight excluding hydrogens is 564 g/mol. The van der Waals surface area contributed by atoms with Crippen LogP contribution in [0, 0.1) is 0 Å². The number of aliphatic hydroxyl groups is 2. The molecular formula is C35H38O7S. The number of hydrogen-bond acceptors (Lipinski definition) is 8. The van der Waals surface area contributed by atoms with E-state index in [2.05, 4.69) is 0 Å². The van der Waals surface area contributed by atoms with Crippen molar-refractivity contribution in [2.45, 2.75) is 60.7 Å². The smallest absolute Gasteiger partial charge is 0.137 e. The zero-order valence-corrected chi connectivity index (χ0v) is 24.9. The van der Waals surface area contributed by atoms with E-state index in [4.69, 9.17) is 23.7 Å². The molecule has 1 aliphatic heterocycles. The number of methoxy groups -OCH3 is 1. The van der Waals surface area contributed by atoms with Crippen molar-refractivity contribution in [2.24, 2.45) is 0 Å². The van der Waals surface area contributed by atoms with Gasteiger partial charge in [-0.3, -0.25) is 0 Å². The first-order chi connectivity index (χ1) is 21.1. The molecule has 0 amide bonds. The third-order valence-corrected chi connectivity index (χ3v) is 8.42. The lowest BCUT2D eigenvalue weighted by atomic mass is 9.95. The first kappa shape index (κ1) is 31.2. The summed E-state index contributed by atoms with van der Waals surface area (Å²) in [5.74, 6) is 0.748. The summed E-state index contributed by atoms with van der Waals surface area (Å²) < 4.78 is 31.6. The number of hydrogen-bond donors (Lipinski definition) is 2. The predicted molar refractivity (Wildman–Crippen MR) is 166 cm³/mol. The van der Waals surface area contributed by atoms with Gasteiger partial charge in [-0.2, -0.15) is 0 Å². The van der Waals surface area contributed by atoms with E-state index in [1.54, 1.807) is 7.11 Å². The molecule has 4 aromatic carbocycles. The molecule has 0 aromatic heterocycles. The van der Waals surface area contributed by atoms with Crippen LogP contribution in [0.5, 0.6) is 5.75 Å². The van der Waals surface area contributed by atoms with Crippen LogP contribution in [0.4, 0.5) is 0 Å². The second-order valence-corrected chi connectivity index (χ2v) is 11.5. The van der Waals surface area contributed by atoms with Gasteiger partial charge in [0.05, 0.1) is 33.5 Å². The molecule has 1 heterocycles. The van der Waals surface area contributed by atoms with E-state index in [1.165, 1.54) is 11.8 Å². The van der Waals surface area contributed by atoms with Gasteiger partial charge in [0.2, 0.25) is 0 Å². The molecule has 6 atom stereocenters. The number of benzene rings is 4. The second kappa shape index (κ2) is 16.0. The Labute approximate surface area is 257 Å². The van der Waals surface area contributed by atoms with Crippen LogP contribution in [0.15, 0.2) is 120 Å². The van der Waals surface area contributed by atoms with Crippen LogP contribution in [0.25, 0.3) is 0 Å². The third kappa shape index (κ3) is 8.68. The van der Waals surface area contributed by atoms with Crippen molar-refractivity contribution in [3.05, 3.63) is 132 Å². The molecule has 2 N–H and O–H groups in total. The van der Waals surface area contributed by atoms with E-state index in [-0.39, 0.29) is 6.61 Å². The maximum absolute atomic E-state index is 11.0. The van der Waals surface area contributed by atoms with E-state index in [1.807, 2.05) is 115 Å². The Morgan fingerprint density at radius 3 is 1.67 bits per heavy atom. The Bertz CT molecular complexity index is 1340. The Morgan fingerprint density at radius 1 is 0.651 bits per heavy atom. The molecule has 0 saturated carbocycles. The van der Waals surface area contributed by atoms with Gasteiger partial charge in [0.15, 0.2) is 0 Å². The van der Waals surface area contributed by atoms with Gasteiger partial charge >= 0.3 is 0 Å². The van der Waals surface area contributed by atoms with Gasteiger partial charge in [-0.15, -0.1) is 0 Å². The standard InChI is InChI=1S/C35H38O7S/c1-38-28-19-17-27(18-20-28)24-39-32-31(30(37)21-36)42-35(43-29-15-9-4-10-16-29)34(41-23-26-13-7-3-8-14-26)33(32)40-22-25-11-5-2-6-12-25/h2-20,30-37H,21-24H2,1H3/t30-,31+,32+,33-,34-,35+/m0/s1. The molecule has 5 rings (SSSR count). The van der Waals surface area contributed by atoms with Crippen molar-refractivity contribution in [2.75, 3.05) is 13.7 Å². The summed E-state index contributed by atoms with van der Waals surface area (Å²) in [5, 5.41) is 21.1. The minimum Gasteiger partial charge on any atom is -0.497 e. The van der Waals surface area contributed by atoms with Crippen LogP contribution >= 0.6 is 11.8 Å². The molecule has 7 nitrogen and oxygen atoms in total. The van der Waals surface area contributed by atoms with Crippen LogP contribution < -0.4 is 4.74 Å². The van der Waals surface area contributed by atoms with Crippen molar-refractivity contribution in [1.29, 1.82) is 0 Å². The molecule has 0 radical (unpaired) electrons. The molecule has 226 valence electrons. The Balaban J connectivity index is 1.47. The van der Waals surface area contributed by atoms with E-state index in [0.717, 1.165) is 27.3 Å². The van der Waals surface area contributed by atoms with E-state index in [9.17, 15) is 10.2 Å². The van der Waals surface area contributed by atoms with Crippen molar-refractivity contribution < 1.29 is 33.9 Å². The van der Waals surface area contributed by atoms with Crippen molar-refractivity contribution in [3.8, 4) is 5.75 Å². The van der Waals surface area contributed by atoms with Gasteiger partial charge < -0.3 is 33.9 Å². The van der Waals surface area contributed by atoms with Gasteiger partial charge in [0.1, 0.15) is 41.7 Å². The first-order valence-corrected chi connectivity index (χ1v) is 15.2. The van der Waals surface area contributed by atoms with E-state index in [0.29, 0.717) is 13.2 Å². The lowest BCUT2D eigenvalue weighted by Gasteiger charge is -2.47. The van der Waals surface area contributed by atoms with Crippen LogP contribution in [0.2, 0.25) is 0 Å². The Hall–Kier alpha value is -3.21. The topological polar surface area (TPSA) is 86.6 Å². The molecule has 0 bridgehead atoms. The minimum atomic E-state index is -1.20. The minimum absolute atomic E-state index is 0.236. The maximum atomic E-state index is 11.0. The third-order valence-electron chi connectivity index (χ3n) is 7.26. The van der Waals surface area contributed by atoms with Gasteiger partial charge in [-0.25, -0.2) is 0 Å².